The van der Waals surface area contributed by atoms with Gasteiger partial charge in [0.15, 0.2) is 0 Å². The van der Waals surface area contributed by atoms with Crippen molar-refractivity contribution in [1.29, 1.82) is 0 Å². The summed E-state index contributed by atoms with van der Waals surface area (Å²) in [7, 11) is 0. The van der Waals surface area contributed by atoms with E-state index in [0.717, 1.165) is 37.3 Å². The number of rotatable bonds is 13. The lowest BCUT2D eigenvalue weighted by Crippen LogP contribution is -2.49. The minimum atomic E-state index is -1.05. The zero-order chi connectivity index (χ0) is 30.2. The molecular weight excluding hydrogens is 536 g/mol. The van der Waals surface area contributed by atoms with Gasteiger partial charge in [0.25, 0.3) is 11.8 Å². The highest BCUT2D eigenvalue weighted by Gasteiger charge is 2.27. The highest BCUT2D eigenvalue weighted by Crippen LogP contribution is 2.30. The van der Waals surface area contributed by atoms with Crippen molar-refractivity contribution in [1.82, 2.24) is 15.5 Å². The van der Waals surface area contributed by atoms with Crippen LogP contribution in [0.1, 0.15) is 82.1 Å². The lowest BCUT2D eigenvalue weighted by Gasteiger charge is -2.27. The third-order valence-electron chi connectivity index (χ3n) is 7.73. The highest BCUT2D eigenvalue weighted by molar-refractivity contribution is 6.00. The Morgan fingerprint density at radius 2 is 1.64 bits per heavy atom. The van der Waals surface area contributed by atoms with Crippen molar-refractivity contribution in [3.63, 3.8) is 0 Å². The van der Waals surface area contributed by atoms with Gasteiger partial charge in [0.1, 0.15) is 11.6 Å². The zero-order valence-corrected chi connectivity index (χ0v) is 24.6. The summed E-state index contributed by atoms with van der Waals surface area (Å²) in [5, 5.41) is 17.6. The van der Waals surface area contributed by atoms with Crippen molar-refractivity contribution in [2.75, 3.05) is 19.6 Å². The Kier molecular flexibility index (Phi) is 10.8. The van der Waals surface area contributed by atoms with E-state index in [1.807, 2.05) is 32.9 Å². The van der Waals surface area contributed by atoms with E-state index < -0.39 is 29.7 Å². The molecule has 8 heteroatoms. The lowest BCUT2D eigenvalue weighted by atomic mass is 9.99. The van der Waals surface area contributed by atoms with Gasteiger partial charge in [-0.1, -0.05) is 38.1 Å². The predicted molar refractivity (Wildman–Crippen MR) is 160 cm³/mol. The van der Waals surface area contributed by atoms with Crippen LogP contribution in [0, 0.1) is 18.6 Å². The van der Waals surface area contributed by atoms with Crippen molar-refractivity contribution in [2.24, 2.45) is 0 Å². The second-order valence-corrected chi connectivity index (χ2v) is 11.2. The molecule has 224 valence electrons. The van der Waals surface area contributed by atoms with E-state index in [2.05, 4.69) is 22.8 Å². The molecule has 3 aromatic carbocycles. The van der Waals surface area contributed by atoms with Crippen LogP contribution in [-0.4, -0.2) is 53.6 Å². The predicted octanol–water partition coefficient (Wildman–Crippen LogP) is 5.51. The van der Waals surface area contributed by atoms with Crippen LogP contribution in [0.4, 0.5) is 8.78 Å². The second-order valence-electron chi connectivity index (χ2n) is 11.2. The van der Waals surface area contributed by atoms with Crippen molar-refractivity contribution in [3.05, 3.63) is 106 Å². The number of nitrogens with one attached hydrogen (secondary N) is 2. The number of hydrogen-bond acceptors (Lipinski definition) is 4. The molecule has 2 amide bonds. The number of aliphatic hydroxyl groups is 1. The molecule has 1 aliphatic carbocycles. The van der Waals surface area contributed by atoms with Gasteiger partial charge in [-0.25, -0.2) is 8.78 Å². The van der Waals surface area contributed by atoms with E-state index >= 15 is 0 Å². The number of carbonyl (C=O) groups is 2. The van der Waals surface area contributed by atoms with Crippen LogP contribution in [0.3, 0.4) is 0 Å². The van der Waals surface area contributed by atoms with Gasteiger partial charge in [-0.15, -0.1) is 0 Å². The number of fused-ring (bicyclic) bond motifs is 1. The molecule has 3 atom stereocenters. The van der Waals surface area contributed by atoms with Crippen molar-refractivity contribution < 1.29 is 23.5 Å². The van der Waals surface area contributed by atoms with Gasteiger partial charge >= 0.3 is 0 Å². The van der Waals surface area contributed by atoms with Crippen LogP contribution >= 0.6 is 0 Å². The summed E-state index contributed by atoms with van der Waals surface area (Å²) in [6.45, 7) is 7.27. The zero-order valence-electron chi connectivity index (χ0n) is 24.6. The summed E-state index contributed by atoms with van der Waals surface area (Å²) in [6, 6.07) is 15.6. The third kappa shape index (κ3) is 8.01. The Labute approximate surface area is 247 Å². The molecule has 4 rings (SSSR count). The van der Waals surface area contributed by atoms with Crippen molar-refractivity contribution in [2.45, 2.75) is 71.1 Å². The largest absolute Gasteiger partial charge is 0.390 e. The Morgan fingerprint density at radius 3 is 2.33 bits per heavy atom. The van der Waals surface area contributed by atoms with E-state index in [1.54, 1.807) is 23.1 Å². The molecule has 0 aromatic heterocycles. The molecule has 0 aliphatic heterocycles. The fourth-order valence-corrected chi connectivity index (χ4v) is 5.77. The first-order valence-electron chi connectivity index (χ1n) is 14.8. The van der Waals surface area contributed by atoms with Crippen LogP contribution < -0.4 is 10.6 Å². The maximum absolute atomic E-state index is 14.0. The average Bonchev–Trinajstić information content (AvgIpc) is 3.37. The number of aryl methyl sites for hydroxylation is 2. The molecular formula is C34H41F2N3O3. The van der Waals surface area contributed by atoms with Crippen LogP contribution in [0.2, 0.25) is 0 Å². The molecule has 0 radical (unpaired) electrons. The quantitative estimate of drug-likeness (QED) is 0.250. The van der Waals surface area contributed by atoms with Crippen LogP contribution in [-0.2, 0) is 12.8 Å². The molecule has 1 aliphatic rings. The van der Waals surface area contributed by atoms with Gasteiger partial charge in [-0.3, -0.25) is 9.59 Å². The van der Waals surface area contributed by atoms with Crippen LogP contribution in [0.15, 0.2) is 60.7 Å². The van der Waals surface area contributed by atoms with E-state index in [-0.39, 0.29) is 30.5 Å². The number of aliphatic hydroxyl groups excluding tert-OH is 1. The van der Waals surface area contributed by atoms with Gasteiger partial charge in [0.2, 0.25) is 0 Å². The molecule has 0 heterocycles. The summed E-state index contributed by atoms with van der Waals surface area (Å²) in [4.78, 5) is 28.6. The van der Waals surface area contributed by atoms with Crippen LogP contribution in [0.5, 0.6) is 0 Å². The monoisotopic (exact) mass is 577 g/mol. The Morgan fingerprint density at radius 1 is 0.976 bits per heavy atom. The molecule has 42 heavy (non-hydrogen) atoms. The van der Waals surface area contributed by atoms with Gasteiger partial charge < -0.3 is 20.6 Å². The number of benzene rings is 3. The number of carbonyl (C=O) groups excluding carboxylic acids is 2. The number of hydrogen-bond donors (Lipinski definition) is 3. The Balaban J connectivity index is 1.54. The molecule has 0 spiro atoms. The fourth-order valence-electron chi connectivity index (χ4n) is 5.77. The molecule has 6 nitrogen and oxygen atoms in total. The molecule has 3 aromatic rings. The Hall–Kier alpha value is -3.62. The normalized spacial score (nSPS) is 15.6. The summed E-state index contributed by atoms with van der Waals surface area (Å²) in [5.41, 5.74) is 4.24. The topological polar surface area (TPSA) is 81.7 Å². The fraction of sp³-hybridized carbons (Fsp3) is 0.412. The standard InChI is InChI=1S/C34H41F2N3O3/c1-4-12-39(13-5-2)34(42)26-15-22(3)14-25(19-26)33(41)38-31(18-23-16-27(35)20-28(36)17-23)32(40)21-37-30-11-10-24-8-6-7-9-29(24)30/h6-9,14-17,19-20,30-32,37,40H,4-5,10-13,18,21H2,1-3H3,(H,38,41)/t30-,31+,32-/m0/s1. The summed E-state index contributed by atoms with van der Waals surface area (Å²) in [6.07, 6.45) is 2.45. The maximum Gasteiger partial charge on any atom is 0.253 e. The molecule has 0 saturated carbocycles. The smallest absolute Gasteiger partial charge is 0.253 e. The van der Waals surface area contributed by atoms with Gasteiger partial charge in [0, 0.05) is 42.9 Å². The highest BCUT2D eigenvalue weighted by atomic mass is 19.1. The first kappa shape index (κ1) is 31.3. The maximum atomic E-state index is 14.0. The SMILES string of the molecule is CCCN(CCC)C(=O)c1cc(C)cc(C(=O)N[C@H](Cc2cc(F)cc(F)c2)[C@@H](O)CN[C@H]2CCc3ccccc32)c1. The molecule has 0 saturated heterocycles. The molecule has 3 N–H and O–H groups in total. The first-order chi connectivity index (χ1) is 20.2. The van der Waals surface area contributed by atoms with Gasteiger partial charge in [0.05, 0.1) is 12.1 Å². The van der Waals surface area contributed by atoms with Gasteiger partial charge in [-0.2, -0.15) is 0 Å². The van der Waals surface area contributed by atoms with Crippen LogP contribution in [0.25, 0.3) is 0 Å². The van der Waals surface area contributed by atoms with E-state index in [9.17, 15) is 23.5 Å². The second kappa shape index (κ2) is 14.5. The molecule has 0 unspecified atom stereocenters. The van der Waals surface area contributed by atoms with E-state index in [4.69, 9.17) is 0 Å². The summed E-state index contributed by atoms with van der Waals surface area (Å²) < 4.78 is 28.0. The van der Waals surface area contributed by atoms with E-state index in [0.29, 0.717) is 24.2 Å². The molecule has 0 fully saturated rings. The van der Waals surface area contributed by atoms with Gasteiger partial charge in [-0.05, 0) is 91.6 Å². The summed E-state index contributed by atoms with van der Waals surface area (Å²) in [5.74, 6) is -2.06. The number of halogens is 2. The number of amides is 2. The van der Waals surface area contributed by atoms with E-state index in [1.165, 1.54) is 23.3 Å². The Bertz CT molecular complexity index is 1370. The minimum Gasteiger partial charge on any atom is -0.390 e. The van der Waals surface area contributed by atoms with Crippen molar-refractivity contribution >= 4 is 11.8 Å². The summed E-state index contributed by atoms with van der Waals surface area (Å²) >= 11 is 0. The van der Waals surface area contributed by atoms with Crippen molar-refractivity contribution in [3.8, 4) is 0 Å². The third-order valence-corrected chi connectivity index (χ3v) is 7.73. The average molecular weight is 578 g/mol. The minimum absolute atomic E-state index is 0.0168. The molecule has 0 bridgehead atoms. The number of nitrogens with zero attached hydrogens (tertiary/aromatic N) is 1. The lowest BCUT2D eigenvalue weighted by molar-refractivity contribution is 0.0755. The first-order valence-corrected chi connectivity index (χ1v) is 14.8.